The van der Waals surface area contributed by atoms with Crippen molar-refractivity contribution in [3.05, 3.63) is 71.9 Å². The summed E-state index contributed by atoms with van der Waals surface area (Å²) in [6, 6.07) is 17.6. The molecule has 0 saturated heterocycles. The lowest BCUT2D eigenvalue weighted by molar-refractivity contribution is 0.104. The molecule has 0 fully saturated rings. The largest absolute Gasteiger partial charge is 0.347 e. The van der Waals surface area contributed by atoms with Gasteiger partial charge in [0, 0.05) is 34.8 Å². The Morgan fingerprint density at radius 1 is 1.00 bits per heavy atom. The minimum absolute atomic E-state index is 0.0991. The number of hydrogen-bond acceptors (Lipinski definition) is 1. The number of aromatic nitrogens is 1. The Kier molecular flexibility index (Phi) is 3.87. The highest BCUT2D eigenvalue weighted by Crippen LogP contribution is 2.24. The van der Waals surface area contributed by atoms with Gasteiger partial charge in [-0.3, -0.25) is 4.79 Å². The number of benzene rings is 2. The summed E-state index contributed by atoms with van der Waals surface area (Å²) in [4.78, 5) is 12.7. The van der Waals surface area contributed by atoms with Gasteiger partial charge in [-0.1, -0.05) is 61.9 Å². The smallest absolute Gasteiger partial charge is 0.195 e. The van der Waals surface area contributed by atoms with Crippen molar-refractivity contribution < 1.29 is 4.79 Å². The molecule has 0 radical (unpaired) electrons. The third kappa shape index (κ3) is 2.62. The number of ketones is 1. The zero-order valence-corrected chi connectivity index (χ0v) is 12.3. The van der Waals surface area contributed by atoms with Crippen molar-refractivity contribution in [3.8, 4) is 0 Å². The topological polar surface area (TPSA) is 22.0 Å². The number of aryl methyl sites for hydroxylation is 1. The molecule has 0 aliphatic rings. The van der Waals surface area contributed by atoms with E-state index in [0.29, 0.717) is 0 Å². The molecule has 3 rings (SSSR count). The van der Waals surface area contributed by atoms with E-state index in [-0.39, 0.29) is 5.78 Å². The summed E-state index contributed by atoms with van der Waals surface area (Å²) < 4.78 is 2.20. The van der Waals surface area contributed by atoms with E-state index >= 15 is 0 Å². The molecule has 0 N–H and O–H groups in total. The van der Waals surface area contributed by atoms with Crippen molar-refractivity contribution in [2.24, 2.45) is 0 Å². The monoisotopic (exact) mass is 277 g/mol. The van der Waals surface area contributed by atoms with Crippen LogP contribution in [0.15, 0.2) is 60.8 Å². The Bertz CT molecular complexity index is 756. The average Bonchev–Trinajstić information content (AvgIpc) is 2.92. The van der Waals surface area contributed by atoms with Crippen LogP contribution >= 0.6 is 0 Å². The van der Waals surface area contributed by atoms with Gasteiger partial charge in [0.1, 0.15) is 0 Å². The Morgan fingerprint density at radius 2 is 1.71 bits per heavy atom. The SMILES string of the molecule is CCCCn1cc(C(=O)c2ccccc2)c2ccccc21. The van der Waals surface area contributed by atoms with Gasteiger partial charge in [0.05, 0.1) is 0 Å². The van der Waals surface area contributed by atoms with Crippen LogP contribution in [0.3, 0.4) is 0 Å². The molecule has 2 heteroatoms. The lowest BCUT2D eigenvalue weighted by Gasteiger charge is -2.02. The molecule has 106 valence electrons. The summed E-state index contributed by atoms with van der Waals surface area (Å²) in [7, 11) is 0. The van der Waals surface area contributed by atoms with E-state index < -0.39 is 0 Å². The lowest BCUT2D eigenvalue weighted by atomic mass is 10.0. The Hall–Kier alpha value is -2.35. The molecule has 0 unspecified atom stereocenters. The summed E-state index contributed by atoms with van der Waals surface area (Å²) in [6.07, 6.45) is 4.28. The van der Waals surface area contributed by atoms with E-state index in [4.69, 9.17) is 0 Å². The predicted molar refractivity (Wildman–Crippen MR) is 86.7 cm³/mol. The lowest BCUT2D eigenvalue weighted by Crippen LogP contribution is -2.00. The molecule has 3 aromatic rings. The van der Waals surface area contributed by atoms with Crippen LogP contribution in [-0.2, 0) is 6.54 Å². The fourth-order valence-electron chi connectivity index (χ4n) is 2.69. The van der Waals surface area contributed by atoms with E-state index in [2.05, 4.69) is 17.6 Å². The molecule has 0 aliphatic heterocycles. The van der Waals surface area contributed by atoms with Crippen LogP contribution in [-0.4, -0.2) is 10.4 Å². The van der Waals surface area contributed by atoms with E-state index in [1.807, 2.05) is 54.7 Å². The number of hydrogen-bond donors (Lipinski definition) is 0. The first kappa shape index (κ1) is 13.6. The van der Waals surface area contributed by atoms with E-state index in [0.717, 1.165) is 41.4 Å². The van der Waals surface area contributed by atoms with Gasteiger partial charge in [-0.15, -0.1) is 0 Å². The van der Waals surface area contributed by atoms with E-state index in [1.165, 1.54) is 0 Å². The van der Waals surface area contributed by atoms with Crippen LogP contribution in [0.25, 0.3) is 10.9 Å². The molecular formula is C19H19NO. The van der Waals surface area contributed by atoms with Crippen LogP contribution < -0.4 is 0 Å². The van der Waals surface area contributed by atoms with Crippen molar-refractivity contribution in [1.29, 1.82) is 0 Å². The minimum atomic E-state index is 0.0991. The third-order valence-corrected chi connectivity index (χ3v) is 3.82. The summed E-state index contributed by atoms with van der Waals surface area (Å²) >= 11 is 0. The zero-order chi connectivity index (χ0) is 14.7. The van der Waals surface area contributed by atoms with Gasteiger partial charge in [-0.25, -0.2) is 0 Å². The second-order valence-corrected chi connectivity index (χ2v) is 5.30. The second kappa shape index (κ2) is 5.96. The van der Waals surface area contributed by atoms with Gasteiger partial charge in [0.25, 0.3) is 0 Å². The quantitative estimate of drug-likeness (QED) is 0.621. The Labute approximate surface area is 125 Å². The number of carbonyl (C=O) groups is 1. The summed E-state index contributed by atoms with van der Waals surface area (Å²) in [5.74, 6) is 0.0991. The number of rotatable bonds is 5. The Morgan fingerprint density at radius 3 is 2.48 bits per heavy atom. The third-order valence-electron chi connectivity index (χ3n) is 3.82. The van der Waals surface area contributed by atoms with Gasteiger partial charge < -0.3 is 4.57 Å². The minimum Gasteiger partial charge on any atom is -0.347 e. The summed E-state index contributed by atoms with van der Waals surface area (Å²) in [5.41, 5.74) is 2.69. The van der Waals surface area contributed by atoms with E-state index in [1.54, 1.807) is 0 Å². The average molecular weight is 277 g/mol. The van der Waals surface area contributed by atoms with Gasteiger partial charge >= 0.3 is 0 Å². The van der Waals surface area contributed by atoms with Crippen LogP contribution in [0.5, 0.6) is 0 Å². The van der Waals surface area contributed by atoms with Crippen molar-refractivity contribution >= 4 is 16.7 Å². The first-order chi connectivity index (χ1) is 10.3. The van der Waals surface area contributed by atoms with Gasteiger partial charge in [-0.05, 0) is 12.5 Å². The molecule has 2 nitrogen and oxygen atoms in total. The van der Waals surface area contributed by atoms with Crippen molar-refractivity contribution in [2.75, 3.05) is 0 Å². The molecule has 0 saturated carbocycles. The van der Waals surface area contributed by atoms with Crippen LogP contribution in [0.1, 0.15) is 35.7 Å². The fourth-order valence-corrected chi connectivity index (χ4v) is 2.69. The maximum atomic E-state index is 12.7. The number of para-hydroxylation sites is 1. The van der Waals surface area contributed by atoms with Gasteiger partial charge in [-0.2, -0.15) is 0 Å². The maximum Gasteiger partial charge on any atom is 0.195 e. The van der Waals surface area contributed by atoms with Crippen LogP contribution in [0.2, 0.25) is 0 Å². The number of nitrogens with zero attached hydrogens (tertiary/aromatic N) is 1. The molecular weight excluding hydrogens is 258 g/mol. The molecule has 0 atom stereocenters. The molecule has 0 aliphatic carbocycles. The van der Waals surface area contributed by atoms with Crippen LogP contribution in [0, 0.1) is 0 Å². The van der Waals surface area contributed by atoms with Gasteiger partial charge in [0.15, 0.2) is 5.78 Å². The normalized spacial score (nSPS) is 10.9. The van der Waals surface area contributed by atoms with E-state index in [9.17, 15) is 4.79 Å². The summed E-state index contributed by atoms with van der Waals surface area (Å²) in [5, 5.41) is 1.04. The highest BCUT2D eigenvalue weighted by atomic mass is 16.1. The number of carbonyl (C=O) groups excluding carboxylic acids is 1. The molecule has 1 aromatic heterocycles. The highest BCUT2D eigenvalue weighted by molar-refractivity contribution is 6.16. The van der Waals surface area contributed by atoms with Gasteiger partial charge in [0.2, 0.25) is 0 Å². The molecule has 0 amide bonds. The predicted octanol–water partition coefficient (Wildman–Crippen LogP) is 4.67. The molecule has 0 spiro atoms. The fraction of sp³-hybridized carbons (Fsp3) is 0.211. The standard InChI is InChI=1S/C19H19NO/c1-2-3-13-20-14-17(16-11-7-8-12-18(16)20)19(21)15-9-5-4-6-10-15/h4-12,14H,2-3,13H2,1H3. The highest BCUT2D eigenvalue weighted by Gasteiger charge is 2.15. The first-order valence-electron chi connectivity index (χ1n) is 7.49. The maximum absolute atomic E-state index is 12.7. The van der Waals surface area contributed by atoms with Crippen molar-refractivity contribution in [2.45, 2.75) is 26.3 Å². The molecule has 2 aromatic carbocycles. The molecule has 21 heavy (non-hydrogen) atoms. The first-order valence-corrected chi connectivity index (χ1v) is 7.49. The molecule has 0 bridgehead atoms. The second-order valence-electron chi connectivity index (χ2n) is 5.30. The number of unbranched alkanes of at least 4 members (excludes halogenated alkanes) is 1. The van der Waals surface area contributed by atoms with Crippen LogP contribution in [0.4, 0.5) is 0 Å². The number of fused-ring (bicyclic) bond motifs is 1. The summed E-state index contributed by atoms with van der Waals surface area (Å²) in [6.45, 7) is 3.14. The molecule has 1 heterocycles. The van der Waals surface area contributed by atoms with Crippen molar-refractivity contribution in [3.63, 3.8) is 0 Å². The zero-order valence-electron chi connectivity index (χ0n) is 12.3. The Balaban J connectivity index is 2.08. The van der Waals surface area contributed by atoms with Crippen molar-refractivity contribution in [1.82, 2.24) is 4.57 Å².